The lowest BCUT2D eigenvalue weighted by molar-refractivity contribution is 0.0995. The van der Waals surface area contributed by atoms with E-state index in [0.29, 0.717) is 11.5 Å². The molecule has 17 heavy (non-hydrogen) atoms. The maximum absolute atomic E-state index is 11.0. The fraction of sp³-hybridized carbons (Fsp3) is 0. The van der Waals surface area contributed by atoms with Gasteiger partial charge in [-0.15, -0.1) is 0 Å². The summed E-state index contributed by atoms with van der Waals surface area (Å²) >= 11 is 5.97. The molecular formula is C12H9ClN2O2. The van der Waals surface area contributed by atoms with Crippen molar-refractivity contribution in [2.45, 2.75) is 0 Å². The molecule has 1 aromatic heterocycles. The lowest BCUT2D eigenvalue weighted by Gasteiger charge is -2.08. The minimum absolute atomic E-state index is 0.0000905. The number of benzene rings is 1. The number of primary amides is 1. The van der Waals surface area contributed by atoms with Crippen molar-refractivity contribution in [2.75, 3.05) is 0 Å². The van der Waals surface area contributed by atoms with Crippen LogP contribution in [0.4, 0.5) is 0 Å². The van der Waals surface area contributed by atoms with Gasteiger partial charge in [-0.05, 0) is 12.1 Å². The zero-order valence-corrected chi connectivity index (χ0v) is 9.52. The summed E-state index contributed by atoms with van der Waals surface area (Å²) in [6.45, 7) is 0. The van der Waals surface area contributed by atoms with Crippen LogP contribution in [0, 0.1) is 0 Å². The Morgan fingerprint density at radius 3 is 2.59 bits per heavy atom. The minimum atomic E-state index is -0.687. The Balaban J connectivity index is 2.34. The standard InChI is InChI=1S/C12H9ClN2O2/c13-10-9(6-7-15-11(10)12(14)16)17-8-4-2-1-3-5-8/h1-7H,(H2,14,16). The van der Waals surface area contributed by atoms with Crippen LogP contribution in [0.5, 0.6) is 11.5 Å². The normalized spacial score (nSPS) is 9.94. The zero-order valence-electron chi connectivity index (χ0n) is 8.76. The second-order valence-electron chi connectivity index (χ2n) is 3.25. The smallest absolute Gasteiger partial charge is 0.268 e. The molecular weight excluding hydrogens is 240 g/mol. The molecule has 5 heteroatoms. The van der Waals surface area contributed by atoms with Crippen molar-refractivity contribution >= 4 is 17.5 Å². The Kier molecular flexibility index (Phi) is 3.25. The molecule has 0 saturated heterocycles. The Labute approximate surface area is 103 Å². The molecule has 0 atom stereocenters. The number of carbonyl (C=O) groups excluding carboxylic acids is 1. The minimum Gasteiger partial charge on any atom is -0.456 e. The molecule has 0 unspecified atom stereocenters. The molecule has 0 fully saturated rings. The van der Waals surface area contributed by atoms with E-state index < -0.39 is 5.91 Å². The van der Waals surface area contributed by atoms with Crippen molar-refractivity contribution in [3.8, 4) is 11.5 Å². The number of halogens is 1. The van der Waals surface area contributed by atoms with Crippen LogP contribution in [0.1, 0.15) is 10.5 Å². The lowest BCUT2D eigenvalue weighted by Crippen LogP contribution is -2.13. The first-order chi connectivity index (χ1) is 8.18. The van der Waals surface area contributed by atoms with E-state index in [2.05, 4.69) is 4.98 Å². The number of para-hydroxylation sites is 1. The molecule has 86 valence electrons. The highest BCUT2D eigenvalue weighted by Crippen LogP contribution is 2.30. The van der Waals surface area contributed by atoms with E-state index in [4.69, 9.17) is 22.1 Å². The third-order valence-electron chi connectivity index (χ3n) is 2.06. The maximum atomic E-state index is 11.0. The van der Waals surface area contributed by atoms with Crippen LogP contribution in [0.15, 0.2) is 42.6 Å². The molecule has 1 amide bonds. The Morgan fingerprint density at radius 1 is 1.24 bits per heavy atom. The number of ether oxygens (including phenoxy) is 1. The van der Waals surface area contributed by atoms with Gasteiger partial charge in [-0.1, -0.05) is 29.8 Å². The van der Waals surface area contributed by atoms with Gasteiger partial charge in [0.1, 0.15) is 22.2 Å². The van der Waals surface area contributed by atoms with E-state index >= 15 is 0 Å². The summed E-state index contributed by atoms with van der Waals surface area (Å²) in [5.74, 6) is 0.284. The van der Waals surface area contributed by atoms with Gasteiger partial charge in [-0.25, -0.2) is 4.98 Å². The van der Waals surface area contributed by atoms with E-state index in [9.17, 15) is 4.79 Å². The summed E-state index contributed by atoms with van der Waals surface area (Å²) in [6, 6.07) is 10.7. The summed E-state index contributed by atoms with van der Waals surface area (Å²) in [4.78, 5) is 14.8. The van der Waals surface area contributed by atoms with Crippen LogP contribution in [-0.2, 0) is 0 Å². The average molecular weight is 249 g/mol. The third-order valence-corrected chi connectivity index (χ3v) is 2.42. The van der Waals surface area contributed by atoms with Gasteiger partial charge in [0.2, 0.25) is 0 Å². The van der Waals surface area contributed by atoms with Gasteiger partial charge in [0, 0.05) is 12.3 Å². The van der Waals surface area contributed by atoms with Crippen molar-refractivity contribution in [3.63, 3.8) is 0 Å². The Hall–Kier alpha value is -2.07. The van der Waals surface area contributed by atoms with Crippen molar-refractivity contribution in [1.82, 2.24) is 4.98 Å². The average Bonchev–Trinajstić information content (AvgIpc) is 2.33. The molecule has 0 radical (unpaired) electrons. The van der Waals surface area contributed by atoms with Crippen LogP contribution in [0.3, 0.4) is 0 Å². The van der Waals surface area contributed by atoms with E-state index in [1.165, 1.54) is 6.20 Å². The van der Waals surface area contributed by atoms with Gasteiger partial charge in [0.25, 0.3) is 5.91 Å². The SMILES string of the molecule is NC(=O)c1nccc(Oc2ccccc2)c1Cl. The number of hydrogen-bond acceptors (Lipinski definition) is 3. The molecule has 0 aliphatic carbocycles. The molecule has 0 bridgehead atoms. The highest BCUT2D eigenvalue weighted by atomic mass is 35.5. The number of pyridine rings is 1. The number of nitrogens with two attached hydrogens (primary N) is 1. The van der Waals surface area contributed by atoms with E-state index in [1.54, 1.807) is 18.2 Å². The molecule has 2 aromatic rings. The molecule has 0 aliphatic heterocycles. The van der Waals surface area contributed by atoms with Crippen molar-refractivity contribution in [1.29, 1.82) is 0 Å². The molecule has 4 nitrogen and oxygen atoms in total. The van der Waals surface area contributed by atoms with Gasteiger partial charge in [-0.3, -0.25) is 4.79 Å². The van der Waals surface area contributed by atoms with Gasteiger partial charge >= 0.3 is 0 Å². The van der Waals surface area contributed by atoms with Crippen LogP contribution in [0.25, 0.3) is 0 Å². The fourth-order valence-corrected chi connectivity index (χ4v) is 1.54. The summed E-state index contributed by atoms with van der Waals surface area (Å²) in [6.07, 6.45) is 1.42. The quantitative estimate of drug-likeness (QED) is 0.908. The first-order valence-electron chi connectivity index (χ1n) is 4.85. The topological polar surface area (TPSA) is 65.2 Å². The molecule has 0 spiro atoms. The Morgan fingerprint density at radius 2 is 1.94 bits per heavy atom. The van der Waals surface area contributed by atoms with Crippen LogP contribution in [0.2, 0.25) is 5.02 Å². The van der Waals surface area contributed by atoms with E-state index in [1.807, 2.05) is 18.2 Å². The molecule has 0 aliphatic rings. The largest absolute Gasteiger partial charge is 0.456 e. The van der Waals surface area contributed by atoms with Gasteiger partial charge in [0.15, 0.2) is 0 Å². The van der Waals surface area contributed by atoms with Crippen molar-refractivity contribution < 1.29 is 9.53 Å². The zero-order chi connectivity index (χ0) is 12.3. The van der Waals surface area contributed by atoms with Crippen LogP contribution in [-0.4, -0.2) is 10.9 Å². The second-order valence-corrected chi connectivity index (χ2v) is 3.63. The first kappa shape index (κ1) is 11.4. The highest BCUT2D eigenvalue weighted by molar-refractivity contribution is 6.34. The van der Waals surface area contributed by atoms with Crippen LogP contribution >= 0.6 is 11.6 Å². The summed E-state index contributed by atoms with van der Waals surface area (Å²) < 4.78 is 5.52. The monoisotopic (exact) mass is 248 g/mol. The third kappa shape index (κ3) is 2.54. The molecule has 2 N–H and O–H groups in total. The molecule has 2 rings (SSSR count). The van der Waals surface area contributed by atoms with Crippen molar-refractivity contribution in [2.24, 2.45) is 5.73 Å². The number of nitrogens with zero attached hydrogens (tertiary/aromatic N) is 1. The Bertz CT molecular complexity index is 543. The van der Waals surface area contributed by atoms with E-state index in [0.717, 1.165) is 0 Å². The maximum Gasteiger partial charge on any atom is 0.268 e. The number of aromatic nitrogens is 1. The van der Waals surface area contributed by atoms with Gasteiger partial charge in [-0.2, -0.15) is 0 Å². The first-order valence-corrected chi connectivity index (χ1v) is 5.23. The van der Waals surface area contributed by atoms with E-state index in [-0.39, 0.29) is 10.7 Å². The van der Waals surface area contributed by atoms with Gasteiger partial charge < -0.3 is 10.5 Å². The molecule has 1 aromatic carbocycles. The lowest BCUT2D eigenvalue weighted by atomic mass is 10.3. The predicted molar refractivity (Wildman–Crippen MR) is 64.3 cm³/mol. The number of amides is 1. The number of rotatable bonds is 3. The van der Waals surface area contributed by atoms with Crippen LogP contribution < -0.4 is 10.5 Å². The summed E-state index contributed by atoms with van der Waals surface area (Å²) in [5.41, 5.74) is 5.14. The second kappa shape index (κ2) is 4.84. The number of hydrogen-bond donors (Lipinski definition) is 1. The molecule has 0 saturated carbocycles. The van der Waals surface area contributed by atoms with Gasteiger partial charge in [0.05, 0.1) is 0 Å². The number of carbonyl (C=O) groups is 1. The highest BCUT2D eigenvalue weighted by Gasteiger charge is 2.13. The predicted octanol–water partition coefficient (Wildman–Crippen LogP) is 2.63. The summed E-state index contributed by atoms with van der Waals surface area (Å²) in [5, 5.41) is 0.115. The van der Waals surface area contributed by atoms with Crippen molar-refractivity contribution in [3.05, 3.63) is 53.3 Å². The summed E-state index contributed by atoms with van der Waals surface area (Å²) in [7, 11) is 0. The fourth-order valence-electron chi connectivity index (χ4n) is 1.29. The molecule has 1 heterocycles.